The molecule has 3 rings (SSSR count). The number of nitrogens with zero attached hydrogens (tertiary/aromatic N) is 3. The van der Waals surface area contributed by atoms with Crippen molar-refractivity contribution in [1.82, 2.24) is 14.5 Å². The molecular weight excluding hydrogens is 304 g/mol. The maximum absolute atomic E-state index is 12.4. The van der Waals surface area contributed by atoms with Gasteiger partial charge in [-0.1, -0.05) is 6.07 Å². The minimum Gasteiger partial charge on any atom is -0.307 e. The molecule has 0 aliphatic carbocycles. The molecule has 0 bridgehead atoms. The maximum Gasteiger partial charge on any atom is 0.272 e. The normalized spacial score (nSPS) is 10.8. The first-order valence-corrected chi connectivity index (χ1v) is 7.76. The fourth-order valence-electron chi connectivity index (χ4n) is 2.63. The maximum atomic E-state index is 12.4. The number of aromatic nitrogens is 3. The molecule has 0 fully saturated rings. The second kappa shape index (κ2) is 6.23. The van der Waals surface area contributed by atoms with E-state index in [9.17, 15) is 9.59 Å². The molecule has 2 heterocycles. The van der Waals surface area contributed by atoms with Gasteiger partial charge in [-0.25, -0.2) is 9.97 Å². The van der Waals surface area contributed by atoms with Gasteiger partial charge in [-0.3, -0.25) is 9.59 Å². The van der Waals surface area contributed by atoms with E-state index in [2.05, 4.69) is 15.3 Å². The number of fused-ring (bicyclic) bond motifs is 1. The van der Waals surface area contributed by atoms with Crippen molar-refractivity contribution in [1.29, 1.82) is 0 Å². The number of carbonyl (C=O) groups is 1. The lowest BCUT2D eigenvalue weighted by Gasteiger charge is -2.10. The van der Waals surface area contributed by atoms with Crippen LogP contribution < -0.4 is 10.9 Å². The number of carbonyl (C=O) groups excluding carboxylic acids is 1. The Labute approximate surface area is 139 Å². The van der Waals surface area contributed by atoms with Crippen LogP contribution in [0, 0.1) is 13.8 Å². The average Bonchev–Trinajstić information content (AvgIpc) is 2.55. The van der Waals surface area contributed by atoms with Gasteiger partial charge in [-0.15, -0.1) is 0 Å². The second-order valence-corrected chi connectivity index (χ2v) is 5.57. The number of anilines is 1. The van der Waals surface area contributed by atoms with Crippen LogP contribution >= 0.6 is 0 Å². The van der Waals surface area contributed by atoms with Gasteiger partial charge >= 0.3 is 0 Å². The van der Waals surface area contributed by atoms with E-state index in [1.165, 1.54) is 0 Å². The first kappa shape index (κ1) is 15.9. The molecule has 0 spiro atoms. The van der Waals surface area contributed by atoms with Gasteiger partial charge < -0.3 is 9.88 Å². The lowest BCUT2D eigenvalue weighted by Crippen LogP contribution is -2.23. The summed E-state index contributed by atoms with van der Waals surface area (Å²) in [6.45, 7) is 6.00. The third-order valence-corrected chi connectivity index (χ3v) is 3.82. The molecule has 1 aromatic carbocycles. The molecule has 0 aliphatic heterocycles. The van der Waals surface area contributed by atoms with Gasteiger partial charge in [-0.2, -0.15) is 0 Å². The fourth-order valence-corrected chi connectivity index (χ4v) is 2.63. The van der Waals surface area contributed by atoms with Crippen molar-refractivity contribution >= 4 is 22.8 Å². The Kier molecular flexibility index (Phi) is 4.12. The van der Waals surface area contributed by atoms with Crippen molar-refractivity contribution in [2.24, 2.45) is 0 Å². The first-order valence-electron chi connectivity index (χ1n) is 7.76. The van der Waals surface area contributed by atoms with Crippen LogP contribution in [0.1, 0.15) is 28.7 Å². The van der Waals surface area contributed by atoms with Crippen LogP contribution in [-0.2, 0) is 6.54 Å². The SMILES string of the molecule is CCn1c(=O)c(C)nc2cc(C(=O)Nc3cccc(C)n3)ccc21. The minimum absolute atomic E-state index is 0.105. The van der Waals surface area contributed by atoms with Crippen molar-refractivity contribution < 1.29 is 4.79 Å². The third-order valence-electron chi connectivity index (χ3n) is 3.82. The smallest absolute Gasteiger partial charge is 0.272 e. The lowest BCUT2D eigenvalue weighted by molar-refractivity contribution is 0.102. The highest BCUT2D eigenvalue weighted by Gasteiger charge is 2.11. The van der Waals surface area contributed by atoms with E-state index >= 15 is 0 Å². The summed E-state index contributed by atoms with van der Waals surface area (Å²) < 4.78 is 1.65. The van der Waals surface area contributed by atoms with E-state index < -0.39 is 0 Å². The number of nitrogens with one attached hydrogen (secondary N) is 1. The molecule has 2 aromatic heterocycles. The number of pyridine rings is 1. The van der Waals surface area contributed by atoms with Gasteiger partial charge in [0, 0.05) is 17.8 Å². The molecule has 0 radical (unpaired) electrons. The molecular formula is C18H18N4O2. The highest BCUT2D eigenvalue weighted by atomic mass is 16.1. The number of amides is 1. The summed E-state index contributed by atoms with van der Waals surface area (Å²) in [6.07, 6.45) is 0. The number of aryl methyl sites for hydroxylation is 3. The van der Waals surface area contributed by atoms with Crippen LogP contribution in [0.2, 0.25) is 0 Å². The Hall–Kier alpha value is -3.02. The predicted molar refractivity (Wildman–Crippen MR) is 93.3 cm³/mol. The van der Waals surface area contributed by atoms with Crippen molar-refractivity contribution in [3.05, 3.63) is 63.7 Å². The highest BCUT2D eigenvalue weighted by molar-refractivity contribution is 6.05. The topological polar surface area (TPSA) is 76.9 Å². The number of benzene rings is 1. The molecule has 6 nitrogen and oxygen atoms in total. The number of hydrogen-bond acceptors (Lipinski definition) is 4. The van der Waals surface area contributed by atoms with Crippen LogP contribution in [-0.4, -0.2) is 20.4 Å². The molecule has 1 amide bonds. The Balaban J connectivity index is 2.00. The average molecular weight is 322 g/mol. The summed E-state index contributed by atoms with van der Waals surface area (Å²) in [5.41, 5.74) is 2.96. The zero-order valence-electron chi connectivity index (χ0n) is 13.8. The molecule has 0 saturated heterocycles. The summed E-state index contributed by atoms with van der Waals surface area (Å²) in [5, 5.41) is 2.77. The monoisotopic (exact) mass is 322 g/mol. The Morgan fingerprint density at radius 2 is 1.96 bits per heavy atom. The predicted octanol–water partition coefficient (Wildman–Crippen LogP) is 2.68. The van der Waals surface area contributed by atoms with Crippen LogP contribution in [0.25, 0.3) is 11.0 Å². The zero-order valence-corrected chi connectivity index (χ0v) is 13.8. The number of rotatable bonds is 3. The van der Waals surface area contributed by atoms with E-state index in [0.29, 0.717) is 29.1 Å². The summed E-state index contributed by atoms with van der Waals surface area (Å²) in [6, 6.07) is 10.6. The van der Waals surface area contributed by atoms with Crippen molar-refractivity contribution in [2.75, 3.05) is 5.32 Å². The van der Waals surface area contributed by atoms with Crippen LogP contribution in [0.5, 0.6) is 0 Å². The molecule has 3 aromatic rings. The summed E-state index contributed by atoms with van der Waals surface area (Å²) in [7, 11) is 0. The van der Waals surface area contributed by atoms with E-state index in [4.69, 9.17) is 0 Å². The third kappa shape index (κ3) is 2.90. The lowest BCUT2D eigenvalue weighted by atomic mass is 10.1. The second-order valence-electron chi connectivity index (χ2n) is 5.57. The first-order chi connectivity index (χ1) is 11.5. The summed E-state index contributed by atoms with van der Waals surface area (Å²) in [4.78, 5) is 33.1. The Morgan fingerprint density at radius 3 is 2.67 bits per heavy atom. The van der Waals surface area contributed by atoms with E-state index in [-0.39, 0.29) is 11.5 Å². The van der Waals surface area contributed by atoms with Crippen molar-refractivity contribution in [3.8, 4) is 0 Å². The molecule has 0 atom stereocenters. The van der Waals surface area contributed by atoms with E-state index in [1.54, 1.807) is 35.8 Å². The zero-order chi connectivity index (χ0) is 17.3. The molecule has 24 heavy (non-hydrogen) atoms. The highest BCUT2D eigenvalue weighted by Crippen LogP contribution is 2.15. The number of hydrogen-bond donors (Lipinski definition) is 1. The standard InChI is InChI=1S/C18H18N4O2/c1-4-22-15-9-8-13(10-14(15)20-12(3)18(22)24)17(23)21-16-7-5-6-11(2)19-16/h5-10H,4H2,1-3H3,(H,19,21,23). The van der Waals surface area contributed by atoms with Gasteiger partial charge in [0.15, 0.2) is 0 Å². The van der Waals surface area contributed by atoms with Crippen LogP contribution in [0.4, 0.5) is 5.82 Å². The molecule has 0 unspecified atom stereocenters. The van der Waals surface area contributed by atoms with Crippen LogP contribution in [0.3, 0.4) is 0 Å². The fraction of sp³-hybridized carbons (Fsp3) is 0.222. The molecule has 122 valence electrons. The Morgan fingerprint density at radius 1 is 1.17 bits per heavy atom. The van der Waals surface area contributed by atoms with Crippen molar-refractivity contribution in [2.45, 2.75) is 27.3 Å². The van der Waals surface area contributed by atoms with Crippen molar-refractivity contribution in [3.63, 3.8) is 0 Å². The van der Waals surface area contributed by atoms with Gasteiger partial charge in [0.05, 0.1) is 11.0 Å². The van der Waals surface area contributed by atoms with E-state index in [1.807, 2.05) is 26.0 Å². The minimum atomic E-state index is -0.260. The summed E-state index contributed by atoms with van der Waals surface area (Å²) in [5.74, 6) is 0.242. The Bertz CT molecular complexity index is 992. The van der Waals surface area contributed by atoms with Gasteiger partial charge in [-0.05, 0) is 51.1 Å². The van der Waals surface area contributed by atoms with Gasteiger partial charge in [0.1, 0.15) is 11.5 Å². The largest absolute Gasteiger partial charge is 0.307 e. The van der Waals surface area contributed by atoms with Gasteiger partial charge in [0.2, 0.25) is 0 Å². The molecule has 0 aliphatic rings. The summed E-state index contributed by atoms with van der Waals surface area (Å²) >= 11 is 0. The van der Waals surface area contributed by atoms with Crippen LogP contribution in [0.15, 0.2) is 41.2 Å². The van der Waals surface area contributed by atoms with E-state index in [0.717, 1.165) is 11.2 Å². The molecule has 1 N–H and O–H groups in total. The quantitative estimate of drug-likeness (QED) is 0.804. The molecule has 6 heteroatoms. The van der Waals surface area contributed by atoms with Gasteiger partial charge in [0.25, 0.3) is 11.5 Å². The molecule has 0 saturated carbocycles.